The van der Waals surface area contributed by atoms with Crippen LogP contribution in [0.15, 0.2) is 12.1 Å². The highest BCUT2D eigenvalue weighted by Gasteiger charge is 2.39. The summed E-state index contributed by atoms with van der Waals surface area (Å²) >= 11 is 0. The molecular weight excluding hydrogens is 266 g/mol. The van der Waals surface area contributed by atoms with Gasteiger partial charge in [-0.05, 0) is 56.5 Å². The average Bonchev–Trinajstić information content (AvgIpc) is 2.92. The summed E-state index contributed by atoms with van der Waals surface area (Å²) in [6.07, 6.45) is 2.18. The van der Waals surface area contributed by atoms with Gasteiger partial charge in [-0.3, -0.25) is 0 Å². The molecular formula is C17H27NO3. The van der Waals surface area contributed by atoms with Crippen LogP contribution in [-0.4, -0.2) is 33.0 Å². The van der Waals surface area contributed by atoms with Crippen molar-refractivity contribution in [3.05, 3.63) is 23.3 Å². The van der Waals surface area contributed by atoms with Crippen LogP contribution in [0.5, 0.6) is 11.5 Å². The van der Waals surface area contributed by atoms with E-state index in [2.05, 4.69) is 32.2 Å². The molecule has 4 nitrogen and oxygen atoms in total. The van der Waals surface area contributed by atoms with Crippen LogP contribution in [0.1, 0.15) is 43.9 Å². The third kappa shape index (κ3) is 3.16. The predicted molar refractivity (Wildman–Crippen MR) is 84.3 cm³/mol. The van der Waals surface area contributed by atoms with Crippen LogP contribution in [-0.2, 0) is 4.74 Å². The molecule has 0 aromatic heterocycles. The summed E-state index contributed by atoms with van der Waals surface area (Å²) in [6.45, 7) is 8.17. The number of benzene rings is 1. The first kappa shape index (κ1) is 16.1. The second-order valence-corrected chi connectivity index (χ2v) is 5.82. The lowest BCUT2D eigenvalue weighted by Crippen LogP contribution is -2.41. The van der Waals surface area contributed by atoms with Crippen molar-refractivity contribution in [1.82, 2.24) is 5.32 Å². The van der Waals surface area contributed by atoms with E-state index in [1.54, 1.807) is 14.2 Å². The smallest absolute Gasteiger partial charge is 0.161 e. The molecule has 2 rings (SSSR count). The molecule has 0 saturated carbocycles. The van der Waals surface area contributed by atoms with E-state index < -0.39 is 0 Å². The summed E-state index contributed by atoms with van der Waals surface area (Å²) in [5, 5.41) is 3.59. The zero-order valence-corrected chi connectivity index (χ0v) is 13.8. The van der Waals surface area contributed by atoms with Crippen LogP contribution < -0.4 is 14.8 Å². The van der Waals surface area contributed by atoms with Crippen LogP contribution in [0.4, 0.5) is 0 Å². The summed E-state index contributed by atoms with van der Waals surface area (Å²) in [5.74, 6) is 1.54. The van der Waals surface area contributed by atoms with Gasteiger partial charge in [0.25, 0.3) is 0 Å². The van der Waals surface area contributed by atoms with Gasteiger partial charge in [0.15, 0.2) is 11.5 Å². The number of methoxy groups -OCH3 is 2. The lowest BCUT2D eigenvalue weighted by atomic mass is 9.85. The van der Waals surface area contributed by atoms with Gasteiger partial charge in [0.1, 0.15) is 0 Å². The number of hydrogen-bond donors (Lipinski definition) is 1. The Morgan fingerprint density at radius 2 is 1.95 bits per heavy atom. The highest BCUT2D eigenvalue weighted by molar-refractivity contribution is 5.48. The molecule has 1 fully saturated rings. The fraction of sp³-hybridized carbons (Fsp3) is 0.647. The minimum Gasteiger partial charge on any atom is -0.493 e. The van der Waals surface area contributed by atoms with Crippen LogP contribution in [0, 0.1) is 6.92 Å². The first-order valence-corrected chi connectivity index (χ1v) is 7.65. The fourth-order valence-corrected chi connectivity index (χ4v) is 3.19. The largest absolute Gasteiger partial charge is 0.493 e. The molecule has 0 bridgehead atoms. The number of rotatable bonds is 6. The van der Waals surface area contributed by atoms with E-state index >= 15 is 0 Å². The summed E-state index contributed by atoms with van der Waals surface area (Å²) in [5.41, 5.74) is 2.25. The maximum Gasteiger partial charge on any atom is 0.161 e. The van der Waals surface area contributed by atoms with E-state index in [4.69, 9.17) is 14.2 Å². The van der Waals surface area contributed by atoms with Crippen LogP contribution >= 0.6 is 0 Å². The Kier molecular flexibility index (Phi) is 5.12. The number of ether oxygens (including phenoxy) is 3. The van der Waals surface area contributed by atoms with Crippen molar-refractivity contribution in [2.45, 2.75) is 45.3 Å². The molecule has 1 aromatic carbocycles. The third-order valence-corrected chi connectivity index (χ3v) is 4.35. The van der Waals surface area contributed by atoms with Crippen molar-refractivity contribution in [1.29, 1.82) is 0 Å². The van der Waals surface area contributed by atoms with Gasteiger partial charge < -0.3 is 19.5 Å². The molecule has 0 aliphatic carbocycles. The van der Waals surface area contributed by atoms with Gasteiger partial charge in [-0.1, -0.05) is 6.92 Å². The molecule has 1 saturated heterocycles. The van der Waals surface area contributed by atoms with E-state index in [0.717, 1.165) is 37.5 Å². The Labute approximate surface area is 127 Å². The number of aryl methyl sites for hydroxylation is 1. The van der Waals surface area contributed by atoms with E-state index in [1.165, 1.54) is 11.1 Å². The van der Waals surface area contributed by atoms with Crippen molar-refractivity contribution in [3.8, 4) is 11.5 Å². The molecule has 2 atom stereocenters. The monoisotopic (exact) mass is 293 g/mol. The molecule has 0 amide bonds. The molecule has 1 aliphatic rings. The van der Waals surface area contributed by atoms with Gasteiger partial charge >= 0.3 is 0 Å². The number of likely N-dealkylation sites (N-methyl/N-ethyl adjacent to an activating group) is 1. The number of nitrogens with one attached hydrogen (secondary N) is 1. The fourth-order valence-electron chi connectivity index (χ4n) is 3.19. The van der Waals surface area contributed by atoms with Crippen molar-refractivity contribution in [2.24, 2.45) is 0 Å². The average molecular weight is 293 g/mol. The zero-order chi connectivity index (χ0) is 15.5. The highest BCUT2D eigenvalue weighted by atomic mass is 16.5. The first-order chi connectivity index (χ1) is 10.1. The first-order valence-electron chi connectivity index (χ1n) is 7.65. The molecule has 118 valence electrons. The second-order valence-electron chi connectivity index (χ2n) is 5.82. The van der Waals surface area contributed by atoms with E-state index in [1.807, 2.05) is 6.07 Å². The molecule has 2 unspecified atom stereocenters. The molecule has 4 heteroatoms. The van der Waals surface area contributed by atoms with Gasteiger partial charge in [-0.25, -0.2) is 0 Å². The van der Waals surface area contributed by atoms with Gasteiger partial charge in [0.2, 0.25) is 0 Å². The predicted octanol–water partition coefficient (Wildman–Crippen LogP) is 3.23. The minimum atomic E-state index is -0.166. The number of hydrogen-bond acceptors (Lipinski definition) is 4. The molecule has 1 aromatic rings. The Morgan fingerprint density at radius 1 is 1.29 bits per heavy atom. The van der Waals surface area contributed by atoms with Crippen LogP contribution in [0.2, 0.25) is 0 Å². The van der Waals surface area contributed by atoms with Gasteiger partial charge in [0.05, 0.1) is 25.9 Å². The minimum absolute atomic E-state index is 0.157. The van der Waals surface area contributed by atoms with E-state index in [9.17, 15) is 0 Å². The SMILES string of the molecule is CCNC(c1cc(OC)c(OC)cc1C)C1(C)CCCO1. The molecule has 1 N–H and O–H groups in total. The van der Waals surface area contributed by atoms with Gasteiger partial charge in [-0.15, -0.1) is 0 Å². The molecule has 21 heavy (non-hydrogen) atoms. The normalized spacial score (nSPS) is 23.1. The third-order valence-electron chi connectivity index (χ3n) is 4.35. The van der Waals surface area contributed by atoms with Crippen molar-refractivity contribution >= 4 is 0 Å². The van der Waals surface area contributed by atoms with Gasteiger partial charge in [0, 0.05) is 6.61 Å². The summed E-state index contributed by atoms with van der Waals surface area (Å²) < 4.78 is 16.9. The molecule has 1 heterocycles. The topological polar surface area (TPSA) is 39.7 Å². The highest BCUT2D eigenvalue weighted by Crippen LogP contribution is 2.41. The molecule has 1 aliphatic heterocycles. The quantitative estimate of drug-likeness (QED) is 0.874. The van der Waals surface area contributed by atoms with Crippen molar-refractivity contribution < 1.29 is 14.2 Å². The molecule has 0 radical (unpaired) electrons. The Balaban J connectivity index is 2.44. The Hall–Kier alpha value is -1.26. The molecule has 0 spiro atoms. The Morgan fingerprint density at radius 3 is 2.48 bits per heavy atom. The van der Waals surface area contributed by atoms with E-state index in [0.29, 0.717) is 0 Å². The standard InChI is InChI=1S/C17H27NO3/c1-6-18-16(17(3)8-7-9-21-17)13-11-15(20-5)14(19-4)10-12(13)2/h10-11,16,18H,6-9H2,1-5H3. The second kappa shape index (κ2) is 6.67. The maximum absolute atomic E-state index is 6.06. The Bertz CT molecular complexity index is 481. The maximum atomic E-state index is 6.06. The van der Waals surface area contributed by atoms with Crippen LogP contribution in [0.3, 0.4) is 0 Å². The zero-order valence-electron chi connectivity index (χ0n) is 13.8. The summed E-state index contributed by atoms with van der Waals surface area (Å²) in [6, 6.07) is 4.27. The summed E-state index contributed by atoms with van der Waals surface area (Å²) in [4.78, 5) is 0. The lowest BCUT2D eigenvalue weighted by Gasteiger charge is -2.35. The van der Waals surface area contributed by atoms with Crippen molar-refractivity contribution in [3.63, 3.8) is 0 Å². The van der Waals surface area contributed by atoms with Crippen molar-refractivity contribution in [2.75, 3.05) is 27.4 Å². The van der Waals surface area contributed by atoms with E-state index in [-0.39, 0.29) is 11.6 Å². The van der Waals surface area contributed by atoms with Crippen LogP contribution in [0.25, 0.3) is 0 Å². The lowest BCUT2D eigenvalue weighted by molar-refractivity contribution is -0.0123. The summed E-state index contributed by atoms with van der Waals surface area (Å²) in [7, 11) is 3.34. The van der Waals surface area contributed by atoms with Gasteiger partial charge in [-0.2, -0.15) is 0 Å².